The number of hydrogen-bond donors (Lipinski definition) is 2. The normalized spacial score (nSPS) is 12.0. The first-order valence-electron chi connectivity index (χ1n) is 12.2. The van der Waals surface area contributed by atoms with Gasteiger partial charge >= 0.3 is 0 Å². The van der Waals surface area contributed by atoms with Crippen LogP contribution in [0.2, 0.25) is 0 Å². The molecule has 2 N–H and O–H groups in total. The largest absolute Gasteiger partial charge is 0.494 e. The molecule has 2 heterocycles. The Kier molecular flexibility index (Phi) is 7.01. The Balaban J connectivity index is 1.47. The van der Waals surface area contributed by atoms with Crippen molar-refractivity contribution in [2.24, 2.45) is 0 Å². The van der Waals surface area contributed by atoms with Crippen LogP contribution in [-0.4, -0.2) is 28.4 Å². The summed E-state index contributed by atoms with van der Waals surface area (Å²) in [7, 11) is 0. The maximum atomic E-state index is 13.0. The Morgan fingerprint density at radius 1 is 1.03 bits per heavy atom. The van der Waals surface area contributed by atoms with Crippen LogP contribution in [0.15, 0.2) is 65.5 Å². The lowest BCUT2D eigenvalue weighted by molar-refractivity contribution is 0.174. The van der Waals surface area contributed by atoms with Gasteiger partial charge in [0.1, 0.15) is 5.75 Å². The van der Waals surface area contributed by atoms with Crippen LogP contribution in [-0.2, 0) is 13.1 Å². The number of nitrogens with one attached hydrogen (secondary N) is 2. The summed E-state index contributed by atoms with van der Waals surface area (Å²) in [4.78, 5) is 18.0. The number of aryl methyl sites for hydroxylation is 2. The summed E-state index contributed by atoms with van der Waals surface area (Å²) in [5.74, 6) is 2.19. The minimum absolute atomic E-state index is 0.151. The Labute approximate surface area is 221 Å². The first-order valence-corrected chi connectivity index (χ1v) is 12.6. The molecule has 8 heteroatoms. The van der Waals surface area contributed by atoms with Gasteiger partial charge in [0.15, 0.2) is 16.6 Å². The van der Waals surface area contributed by atoms with E-state index in [1.54, 1.807) is 0 Å². The minimum Gasteiger partial charge on any atom is -0.494 e. The third-order valence-electron chi connectivity index (χ3n) is 6.29. The zero-order valence-corrected chi connectivity index (χ0v) is 21.9. The highest BCUT2D eigenvalue weighted by Crippen LogP contribution is 2.33. The number of aromatic nitrogens is 1. The summed E-state index contributed by atoms with van der Waals surface area (Å²) in [6.07, 6.45) is 0. The van der Waals surface area contributed by atoms with E-state index in [0.717, 1.165) is 39.2 Å². The van der Waals surface area contributed by atoms with Crippen LogP contribution < -0.4 is 25.1 Å². The van der Waals surface area contributed by atoms with Gasteiger partial charge in [-0.05, 0) is 86.6 Å². The number of H-pyrrole nitrogens is 1. The third-order valence-corrected chi connectivity index (χ3v) is 6.65. The second kappa shape index (κ2) is 10.5. The van der Waals surface area contributed by atoms with E-state index in [0.29, 0.717) is 36.1 Å². The van der Waals surface area contributed by atoms with Gasteiger partial charge in [-0.2, -0.15) is 0 Å². The minimum atomic E-state index is -0.151. The number of rotatable bonds is 7. The Hall–Kier alpha value is -4.04. The van der Waals surface area contributed by atoms with E-state index in [1.807, 2.05) is 73.3 Å². The van der Waals surface area contributed by atoms with Crippen molar-refractivity contribution >= 4 is 33.9 Å². The Bertz CT molecular complexity index is 1530. The summed E-state index contributed by atoms with van der Waals surface area (Å²) in [5.41, 5.74) is 5.41. The van der Waals surface area contributed by atoms with Gasteiger partial charge in [0, 0.05) is 28.7 Å². The molecule has 0 unspecified atom stereocenters. The van der Waals surface area contributed by atoms with E-state index >= 15 is 0 Å². The van der Waals surface area contributed by atoms with E-state index in [1.165, 1.54) is 5.56 Å². The smallest absolute Gasteiger partial charge is 0.253 e. The molecule has 37 heavy (non-hydrogen) atoms. The Morgan fingerprint density at radius 3 is 2.68 bits per heavy atom. The summed E-state index contributed by atoms with van der Waals surface area (Å²) in [6.45, 7) is 7.63. The SMILES string of the molecule is CCOc1ccc2[nH]c(=O)c(CN(Cc3ccc4c(c3)OCO4)C(=S)Nc3ccc(C)cc3C)cc2c1. The Morgan fingerprint density at radius 2 is 1.86 bits per heavy atom. The lowest BCUT2D eigenvalue weighted by Crippen LogP contribution is -2.35. The number of aromatic amines is 1. The number of benzene rings is 3. The van der Waals surface area contributed by atoms with Crippen molar-refractivity contribution in [3.05, 3.63) is 93.3 Å². The van der Waals surface area contributed by atoms with Crippen molar-refractivity contribution in [2.75, 3.05) is 18.7 Å². The number of pyridine rings is 1. The van der Waals surface area contributed by atoms with Crippen LogP contribution in [0.3, 0.4) is 0 Å². The number of nitrogens with zero attached hydrogens (tertiary/aromatic N) is 1. The fraction of sp³-hybridized carbons (Fsp3) is 0.241. The highest BCUT2D eigenvalue weighted by molar-refractivity contribution is 7.80. The lowest BCUT2D eigenvalue weighted by atomic mass is 10.1. The fourth-order valence-corrected chi connectivity index (χ4v) is 4.66. The van der Waals surface area contributed by atoms with Crippen molar-refractivity contribution in [2.45, 2.75) is 33.9 Å². The average molecular weight is 516 g/mol. The van der Waals surface area contributed by atoms with Gasteiger partial charge in [-0.15, -0.1) is 0 Å². The molecule has 4 aromatic rings. The summed E-state index contributed by atoms with van der Waals surface area (Å²) < 4.78 is 16.7. The standard InChI is InChI=1S/C29H29N3O4S/c1-4-34-23-7-9-25-21(14-23)13-22(28(33)30-25)16-32(15-20-6-10-26-27(12-20)36-17-35-26)29(37)31-24-8-5-18(2)11-19(24)3/h5-14H,4,15-17H2,1-3H3,(H,30,33)(H,31,37). The molecule has 0 saturated carbocycles. The van der Waals surface area contributed by atoms with E-state index in [2.05, 4.69) is 23.3 Å². The molecule has 0 saturated heterocycles. The van der Waals surface area contributed by atoms with Crippen LogP contribution in [0, 0.1) is 13.8 Å². The fourth-order valence-electron chi connectivity index (χ4n) is 4.42. The number of hydrogen-bond acceptors (Lipinski definition) is 5. The lowest BCUT2D eigenvalue weighted by Gasteiger charge is -2.27. The van der Waals surface area contributed by atoms with Gasteiger partial charge in [0.2, 0.25) is 6.79 Å². The molecule has 3 aromatic carbocycles. The summed E-state index contributed by atoms with van der Waals surface area (Å²) in [5, 5.41) is 4.80. The highest BCUT2D eigenvalue weighted by atomic mass is 32.1. The molecule has 1 aliphatic rings. The second-order valence-corrected chi connectivity index (χ2v) is 9.48. The van der Waals surface area contributed by atoms with Gasteiger partial charge < -0.3 is 29.4 Å². The van der Waals surface area contributed by atoms with E-state index < -0.39 is 0 Å². The molecule has 7 nitrogen and oxygen atoms in total. The molecule has 5 rings (SSSR count). The molecular weight excluding hydrogens is 486 g/mol. The van der Waals surface area contributed by atoms with Crippen molar-refractivity contribution in [1.29, 1.82) is 0 Å². The molecule has 0 atom stereocenters. The average Bonchev–Trinajstić information content (AvgIpc) is 3.34. The quantitative estimate of drug-likeness (QED) is 0.307. The monoisotopic (exact) mass is 515 g/mol. The first-order chi connectivity index (χ1) is 17.9. The van der Waals surface area contributed by atoms with Gasteiger partial charge in [0.05, 0.1) is 13.2 Å². The van der Waals surface area contributed by atoms with Gasteiger partial charge in [-0.1, -0.05) is 23.8 Å². The molecule has 0 radical (unpaired) electrons. The molecule has 0 bridgehead atoms. The third kappa shape index (κ3) is 5.54. The van der Waals surface area contributed by atoms with Crippen LogP contribution >= 0.6 is 12.2 Å². The van der Waals surface area contributed by atoms with Crippen molar-refractivity contribution < 1.29 is 14.2 Å². The summed E-state index contributed by atoms with van der Waals surface area (Å²) >= 11 is 5.87. The van der Waals surface area contributed by atoms with E-state index in [4.69, 9.17) is 26.4 Å². The van der Waals surface area contributed by atoms with Crippen LogP contribution in [0.25, 0.3) is 10.9 Å². The molecule has 0 spiro atoms. The van der Waals surface area contributed by atoms with E-state index in [-0.39, 0.29) is 12.4 Å². The van der Waals surface area contributed by atoms with Crippen LogP contribution in [0.4, 0.5) is 5.69 Å². The number of thiocarbonyl (C=S) groups is 1. The highest BCUT2D eigenvalue weighted by Gasteiger charge is 2.18. The number of anilines is 1. The van der Waals surface area contributed by atoms with Crippen LogP contribution in [0.5, 0.6) is 17.2 Å². The molecule has 0 aliphatic carbocycles. The number of ether oxygens (including phenoxy) is 3. The van der Waals surface area contributed by atoms with Gasteiger partial charge in [-0.25, -0.2) is 0 Å². The molecule has 1 aliphatic heterocycles. The molecule has 190 valence electrons. The van der Waals surface area contributed by atoms with Gasteiger partial charge in [-0.3, -0.25) is 4.79 Å². The van der Waals surface area contributed by atoms with Crippen LogP contribution in [0.1, 0.15) is 29.2 Å². The van der Waals surface area contributed by atoms with Crippen molar-refractivity contribution in [3.63, 3.8) is 0 Å². The predicted octanol–water partition coefficient (Wildman–Crippen LogP) is 5.67. The molecule has 0 amide bonds. The molecular formula is C29H29N3O4S. The topological polar surface area (TPSA) is 75.8 Å². The predicted molar refractivity (Wildman–Crippen MR) is 150 cm³/mol. The summed E-state index contributed by atoms with van der Waals surface area (Å²) in [6, 6.07) is 19.6. The van der Waals surface area contributed by atoms with E-state index in [9.17, 15) is 4.79 Å². The zero-order valence-electron chi connectivity index (χ0n) is 21.1. The van der Waals surface area contributed by atoms with Crippen molar-refractivity contribution in [1.82, 2.24) is 9.88 Å². The maximum absolute atomic E-state index is 13.0. The molecule has 0 fully saturated rings. The number of fused-ring (bicyclic) bond motifs is 2. The molecule has 1 aromatic heterocycles. The second-order valence-electron chi connectivity index (χ2n) is 9.10. The van der Waals surface area contributed by atoms with Gasteiger partial charge in [0.25, 0.3) is 5.56 Å². The zero-order chi connectivity index (χ0) is 25.9. The first kappa shape index (κ1) is 24.6. The van der Waals surface area contributed by atoms with Crippen molar-refractivity contribution in [3.8, 4) is 17.2 Å². The maximum Gasteiger partial charge on any atom is 0.253 e.